The summed E-state index contributed by atoms with van der Waals surface area (Å²) >= 11 is 1.41. The molecule has 0 radical (unpaired) electrons. The number of thiophene rings is 1. The second kappa shape index (κ2) is 7.76. The van der Waals surface area contributed by atoms with Gasteiger partial charge in [0.25, 0.3) is 5.91 Å². The molecule has 0 aliphatic rings. The maximum absolute atomic E-state index is 12.1. The molecule has 1 amide bonds. The van der Waals surface area contributed by atoms with E-state index in [1.54, 1.807) is 18.5 Å². The topological polar surface area (TPSA) is 79.8 Å². The Bertz CT molecular complexity index is 1030. The third-order valence-corrected chi connectivity index (χ3v) is 4.60. The minimum atomic E-state index is -0.114. The number of carbonyl (C=O) groups is 1. The van der Waals surface area contributed by atoms with Gasteiger partial charge in [-0.2, -0.15) is 0 Å². The average Bonchev–Trinajstić information content (AvgIpc) is 3.25. The molecule has 1 aromatic carbocycles. The lowest BCUT2D eigenvalue weighted by atomic mass is 10.2. The molecular formula is C20H15N5OS. The van der Waals surface area contributed by atoms with Crippen LogP contribution in [-0.4, -0.2) is 20.9 Å². The quantitative estimate of drug-likeness (QED) is 0.535. The minimum absolute atomic E-state index is 0.114. The zero-order valence-corrected chi connectivity index (χ0v) is 15.0. The first-order valence-corrected chi connectivity index (χ1v) is 9.12. The summed E-state index contributed by atoms with van der Waals surface area (Å²) in [5.74, 6) is 0.366. The van der Waals surface area contributed by atoms with Gasteiger partial charge in [-0.05, 0) is 53.9 Å². The standard InChI is InChI=1S/C20H15N5OS/c26-19(18-5-3-13-27-18)23-14-6-8-15(9-7-14)24-20-22-12-10-17(25-20)16-4-1-2-11-21-16/h1-13H,(H,23,26)(H,22,24,25). The lowest BCUT2D eigenvalue weighted by Crippen LogP contribution is -2.09. The van der Waals surface area contributed by atoms with Crippen LogP contribution in [0, 0.1) is 0 Å². The van der Waals surface area contributed by atoms with Crippen molar-refractivity contribution >= 4 is 34.6 Å². The fourth-order valence-electron chi connectivity index (χ4n) is 2.44. The molecule has 0 saturated carbocycles. The molecule has 4 aromatic rings. The highest BCUT2D eigenvalue weighted by Crippen LogP contribution is 2.20. The van der Waals surface area contributed by atoms with E-state index in [1.165, 1.54) is 11.3 Å². The molecule has 3 aromatic heterocycles. The van der Waals surface area contributed by atoms with Crippen molar-refractivity contribution in [3.63, 3.8) is 0 Å². The summed E-state index contributed by atoms with van der Waals surface area (Å²) in [4.78, 5) is 25.8. The summed E-state index contributed by atoms with van der Waals surface area (Å²) in [6, 6.07) is 18.5. The van der Waals surface area contributed by atoms with Crippen molar-refractivity contribution in [2.75, 3.05) is 10.6 Å². The van der Waals surface area contributed by atoms with Crippen LogP contribution < -0.4 is 10.6 Å². The Morgan fingerprint density at radius 1 is 0.815 bits per heavy atom. The van der Waals surface area contributed by atoms with Crippen LogP contribution in [0.4, 0.5) is 17.3 Å². The fraction of sp³-hybridized carbons (Fsp3) is 0. The van der Waals surface area contributed by atoms with E-state index in [2.05, 4.69) is 25.6 Å². The Kier molecular flexibility index (Phi) is 4.84. The number of anilines is 3. The molecule has 7 heteroatoms. The van der Waals surface area contributed by atoms with Gasteiger partial charge in [-0.1, -0.05) is 12.1 Å². The SMILES string of the molecule is O=C(Nc1ccc(Nc2nccc(-c3ccccn3)n2)cc1)c1cccs1. The van der Waals surface area contributed by atoms with E-state index in [0.717, 1.165) is 22.8 Å². The Labute approximate surface area is 160 Å². The zero-order valence-electron chi connectivity index (χ0n) is 14.2. The predicted molar refractivity (Wildman–Crippen MR) is 107 cm³/mol. The number of pyridine rings is 1. The predicted octanol–water partition coefficient (Wildman–Crippen LogP) is 4.60. The van der Waals surface area contributed by atoms with Gasteiger partial charge in [0.1, 0.15) is 0 Å². The Morgan fingerprint density at radius 3 is 2.41 bits per heavy atom. The molecule has 3 heterocycles. The molecule has 0 saturated heterocycles. The number of aromatic nitrogens is 3. The van der Waals surface area contributed by atoms with Gasteiger partial charge in [-0.25, -0.2) is 9.97 Å². The first-order chi connectivity index (χ1) is 13.3. The van der Waals surface area contributed by atoms with Gasteiger partial charge in [-0.3, -0.25) is 9.78 Å². The van der Waals surface area contributed by atoms with Crippen LogP contribution >= 0.6 is 11.3 Å². The van der Waals surface area contributed by atoms with Crippen molar-refractivity contribution < 1.29 is 4.79 Å². The number of nitrogens with one attached hydrogen (secondary N) is 2. The molecule has 132 valence electrons. The summed E-state index contributed by atoms with van der Waals surface area (Å²) in [6.07, 6.45) is 3.42. The van der Waals surface area contributed by atoms with Crippen LogP contribution in [-0.2, 0) is 0 Å². The first kappa shape index (κ1) is 16.9. The van der Waals surface area contributed by atoms with Crippen molar-refractivity contribution in [2.45, 2.75) is 0 Å². The number of hydrogen-bond acceptors (Lipinski definition) is 6. The molecule has 0 aliphatic heterocycles. The third kappa shape index (κ3) is 4.16. The fourth-order valence-corrected chi connectivity index (χ4v) is 3.06. The normalized spacial score (nSPS) is 10.4. The zero-order chi connectivity index (χ0) is 18.5. The van der Waals surface area contributed by atoms with Gasteiger partial charge in [0.15, 0.2) is 0 Å². The molecule has 0 atom stereocenters. The minimum Gasteiger partial charge on any atom is -0.324 e. The van der Waals surface area contributed by atoms with Gasteiger partial charge in [0.2, 0.25) is 5.95 Å². The number of hydrogen-bond donors (Lipinski definition) is 2. The Hall–Kier alpha value is -3.58. The second-order valence-electron chi connectivity index (χ2n) is 5.61. The van der Waals surface area contributed by atoms with Gasteiger partial charge >= 0.3 is 0 Å². The number of benzene rings is 1. The number of nitrogens with zero attached hydrogens (tertiary/aromatic N) is 3. The van der Waals surface area contributed by atoms with Gasteiger partial charge in [0.05, 0.1) is 16.3 Å². The molecule has 27 heavy (non-hydrogen) atoms. The lowest BCUT2D eigenvalue weighted by molar-refractivity contribution is 0.103. The largest absolute Gasteiger partial charge is 0.324 e. The highest BCUT2D eigenvalue weighted by Gasteiger charge is 2.07. The summed E-state index contributed by atoms with van der Waals surface area (Å²) in [7, 11) is 0. The third-order valence-electron chi connectivity index (χ3n) is 3.73. The van der Waals surface area contributed by atoms with E-state index >= 15 is 0 Å². The molecular weight excluding hydrogens is 358 g/mol. The molecule has 4 rings (SSSR count). The van der Waals surface area contributed by atoms with Gasteiger partial charge in [-0.15, -0.1) is 11.3 Å². The van der Waals surface area contributed by atoms with E-state index in [-0.39, 0.29) is 5.91 Å². The number of carbonyl (C=O) groups excluding carboxylic acids is 1. The Balaban J connectivity index is 1.45. The molecule has 6 nitrogen and oxygen atoms in total. The summed E-state index contributed by atoms with van der Waals surface area (Å²) < 4.78 is 0. The molecule has 0 aliphatic carbocycles. The van der Waals surface area contributed by atoms with Gasteiger partial charge < -0.3 is 10.6 Å². The molecule has 0 bridgehead atoms. The highest BCUT2D eigenvalue weighted by molar-refractivity contribution is 7.12. The molecule has 0 fully saturated rings. The Morgan fingerprint density at radius 2 is 1.67 bits per heavy atom. The second-order valence-corrected chi connectivity index (χ2v) is 6.56. The van der Waals surface area contributed by atoms with E-state index in [1.807, 2.05) is 60.0 Å². The van der Waals surface area contributed by atoms with Crippen molar-refractivity contribution in [3.8, 4) is 11.4 Å². The summed E-state index contributed by atoms with van der Waals surface area (Å²) in [5, 5.41) is 7.91. The van der Waals surface area contributed by atoms with Crippen molar-refractivity contribution in [1.82, 2.24) is 15.0 Å². The van der Waals surface area contributed by atoms with E-state index < -0.39 is 0 Å². The first-order valence-electron chi connectivity index (χ1n) is 8.24. The van der Waals surface area contributed by atoms with E-state index in [4.69, 9.17) is 0 Å². The molecule has 0 spiro atoms. The van der Waals surface area contributed by atoms with Crippen LogP contribution in [0.1, 0.15) is 9.67 Å². The van der Waals surface area contributed by atoms with Gasteiger partial charge in [0, 0.05) is 23.8 Å². The van der Waals surface area contributed by atoms with E-state index in [0.29, 0.717) is 10.8 Å². The maximum atomic E-state index is 12.1. The van der Waals surface area contributed by atoms with Crippen molar-refractivity contribution in [2.24, 2.45) is 0 Å². The number of amides is 1. The van der Waals surface area contributed by atoms with Crippen LogP contribution in [0.25, 0.3) is 11.4 Å². The van der Waals surface area contributed by atoms with Crippen LogP contribution in [0.2, 0.25) is 0 Å². The monoisotopic (exact) mass is 373 g/mol. The van der Waals surface area contributed by atoms with E-state index in [9.17, 15) is 4.79 Å². The summed E-state index contributed by atoms with van der Waals surface area (Å²) in [5.41, 5.74) is 3.08. The van der Waals surface area contributed by atoms with Crippen LogP contribution in [0.15, 0.2) is 78.4 Å². The lowest BCUT2D eigenvalue weighted by Gasteiger charge is -2.08. The van der Waals surface area contributed by atoms with Crippen molar-refractivity contribution in [1.29, 1.82) is 0 Å². The summed E-state index contributed by atoms with van der Waals surface area (Å²) in [6.45, 7) is 0. The van der Waals surface area contributed by atoms with Crippen LogP contribution in [0.5, 0.6) is 0 Å². The number of rotatable bonds is 5. The van der Waals surface area contributed by atoms with Crippen molar-refractivity contribution in [3.05, 3.63) is 83.3 Å². The molecule has 0 unspecified atom stereocenters. The highest BCUT2D eigenvalue weighted by atomic mass is 32.1. The smallest absolute Gasteiger partial charge is 0.265 e. The maximum Gasteiger partial charge on any atom is 0.265 e. The molecule has 2 N–H and O–H groups in total. The van der Waals surface area contributed by atoms with Crippen LogP contribution in [0.3, 0.4) is 0 Å². The average molecular weight is 373 g/mol.